The third-order valence-corrected chi connectivity index (χ3v) is 7.64. The number of carbonyl (C=O) groups is 2. The highest BCUT2D eigenvalue weighted by Gasteiger charge is 2.49. The van der Waals surface area contributed by atoms with Crippen LogP contribution in [0.5, 0.6) is 17.2 Å². The van der Waals surface area contributed by atoms with Gasteiger partial charge in [-0.3, -0.25) is 14.5 Å². The van der Waals surface area contributed by atoms with Crippen LogP contribution in [0.25, 0.3) is 16.0 Å². The molecule has 1 atom stereocenters. The van der Waals surface area contributed by atoms with E-state index in [0.717, 1.165) is 21.3 Å². The van der Waals surface area contributed by atoms with Crippen LogP contribution in [0.3, 0.4) is 0 Å². The molecule has 39 heavy (non-hydrogen) atoms. The van der Waals surface area contributed by atoms with Gasteiger partial charge >= 0.3 is 5.91 Å². The third kappa shape index (κ3) is 4.59. The molecule has 1 amide bonds. The van der Waals surface area contributed by atoms with Crippen molar-refractivity contribution in [3.8, 4) is 17.2 Å². The molecule has 2 heterocycles. The van der Waals surface area contributed by atoms with Crippen molar-refractivity contribution in [2.45, 2.75) is 26.8 Å². The number of aliphatic hydroxyl groups excluding tert-OH is 1. The number of Topliss-reactive ketones (excluding diaryl/α,β-unsaturated/α-hetero) is 1. The summed E-state index contributed by atoms with van der Waals surface area (Å²) in [6.07, 6.45) is 0. The zero-order chi connectivity index (χ0) is 27.8. The standard InChI is InChI=1S/C30H28N2O6S/c1-6-38-19-9-7-18(8-10-19)27(33)24-26(21-15-20(36-4)11-12-22(21)37-5)32(29(35)28(24)34)30-31-25-17(3)13-16(2)14-23(25)39-30/h7-15,26,33H,6H2,1-5H3/b27-24+. The van der Waals surface area contributed by atoms with Crippen molar-refractivity contribution < 1.29 is 28.9 Å². The van der Waals surface area contributed by atoms with Crippen LogP contribution in [0, 0.1) is 13.8 Å². The Labute approximate surface area is 230 Å². The number of aliphatic hydroxyl groups is 1. The highest BCUT2D eigenvalue weighted by Crippen LogP contribution is 2.47. The zero-order valence-corrected chi connectivity index (χ0v) is 23.1. The molecule has 5 rings (SSSR count). The van der Waals surface area contributed by atoms with Gasteiger partial charge in [0.05, 0.1) is 36.6 Å². The van der Waals surface area contributed by atoms with Crippen LogP contribution in [-0.4, -0.2) is 42.6 Å². The van der Waals surface area contributed by atoms with E-state index in [0.29, 0.717) is 40.1 Å². The average molecular weight is 545 g/mol. The quantitative estimate of drug-likeness (QED) is 0.174. The van der Waals surface area contributed by atoms with E-state index in [1.807, 2.05) is 32.9 Å². The van der Waals surface area contributed by atoms with E-state index < -0.39 is 17.7 Å². The number of ketones is 1. The van der Waals surface area contributed by atoms with Crippen LogP contribution in [0.2, 0.25) is 0 Å². The second-order valence-corrected chi connectivity index (χ2v) is 10.2. The predicted molar refractivity (Wildman–Crippen MR) is 151 cm³/mol. The minimum absolute atomic E-state index is 0.0668. The van der Waals surface area contributed by atoms with Gasteiger partial charge in [0.15, 0.2) is 5.13 Å². The highest BCUT2D eigenvalue weighted by molar-refractivity contribution is 7.22. The van der Waals surface area contributed by atoms with E-state index in [-0.39, 0.29) is 11.3 Å². The average Bonchev–Trinajstić information content (AvgIpc) is 3.46. The number of rotatable bonds is 7. The Bertz CT molecular complexity index is 1620. The third-order valence-electron chi connectivity index (χ3n) is 6.64. The monoisotopic (exact) mass is 544 g/mol. The second-order valence-electron chi connectivity index (χ2n) is 9.16. The molecular formula is C30H28N2O6S. The molecule has 200 valence electrons. The summed E-state index contributed by atoms with van der Waals surface area (Å²) in [6.45, 7) is 6.33. The van der Waals surface area contributed by atoms with Crippen LogP contribution in [-0.2, 0) is 9.59 Å². The number of methoxy groups -OCH3 is 2. The number of hydrogen-bond acceptors (Lipinski definition) is 8. The van der Waals surface area contributed by atoms with Crippen LogP contribution in [0.1, 0.15) is 35.2 Å². The number of aromatic nitrogens is 1. The summed E-state index contributed by atoms with van der Waals surface area (Å²) >= 11 is 1.32. The first kappa shape index (κ1) is 26.2. The Balaban J connectivity index is 1.76. The number of amides is 1. The fourth-order valence-electron chi connectivity index (χ4n) is 4.87. The maximum atomic E-state index is 13.7. The van der Waals surface area contributed by atoms with Gasteiger partial charge in [0, 0.05) is 11.1 Å². The van der Waals surface area contributed by atoms with Crippen molar-refractivity contribution in [3.63, 3.8) is 0 Å². The van der Waals surface area contributed by atoms with E-state index in [1.54, 1.807) is 42.5 Å². The largest absolute Gasteiger partial charge is 0.507 e. The SMILES string of the molecule is CCOc1ccc(/C(O)=C2\C(=O)C(=O)N(c3nc4c(C)cc(C)cc4s3)C2c2cc(OC)ccc2OC)cc1. The Morgan fingerprint density at radius 2 is 1.72 bits per heavy atom. The molecule has 1 aromatic heterocycles. The van der Waals surface area contributed by atoms with Crippen LogP contribution < -0.4 is 19.1 Å². The van der Waals surface area contributed by atoms with Gasteiger partial charge in [0.25, 0.3) is 5.78 Å². The molecule has 0 radical (unpaired) electrons. The van der Waals surface area contributed by atoms with Crippen molar-refractivity contribution in [1.82, 2.24) is 4.98 Å². The van der Waals surface area contributed by atoms with Crippen molar-refractivity contribution in [2.24, 2.45) is 0 Å². The lowest BCUT2D eigenvalue weighted by Crippen LogP contribution is -2.29. The lowest BCUT2D eigenvalue weighted by Gasteiger charge is -2.25. The molecule has 1 saturated heterocycles. The van der Waals surface area contributed by atoms with Crippen molar-refractivity contribution in [3.05, 3.63) is 82.4 Å². The summed E-state index contributed by atoms with van der Waals surface area (Å²) in [5.41, 5.74) is 3.58. The number of ether oxygens (including phenoxy) is 3. The minimum atomic E-state index is -1.01. The molecule has 1 aliphatic heterocycles. The number of carbonyl (C=O) groups excluding carboxylic acids is 2. The van der Waals surface area contributed by atoms with Crippen LogP contribution >= 0.6 is 11.3 Å². The van der Waals surface area contributed by atoms with Crippen molar-refractivity contribution in [1.29, 1.82) is 0 Å². The number of nitrogens with zero attached hydrogens (tertiary/aromatic N) is 2. The van der Waals surface area contributed by atoms with E-state index >= 15 is 0 Å². The normalized spacial score (nSPS) is 16.6. The fourth-order valence-corrected chi connectivity index (χ4v) is 6.04. The number of benzene rings is 3. The topological polar surface area (TPSA) is 98.2 Å². The number of fused-ring (bicyclic) bond motifs is 1. The Kier molecular flexibility index (Phi) is 7.01. The lowest BCUT2D eigenvalue weighted by molar-refractivity contribution is -0.132. The van der Waals surface area contributed by atoms with Gasteiger partial charge in [-0.25, -0.2) is 4.98 Å². The summed E-state index contributed by atoms with van der Waals surface area (Å²) in [6, 6.07) is 14.9. The van der Waals surface area contributed by atoms with E-state index in [4.69, 9.17) is 19.2 Å². The van der Waals surface area contributed by atoms with Gasteiger partial charge in [0.2, 0.25) is 0 Å². The molecule has 3 aromatic carbocycles. The fraction of sp³-hybridized carbons (Fsp3) is 0.233. The van der Waals surface area contributed by atoms with Gasteiger partial charge < -0.3 is 19.3 Å². The van der Waals surface area contributed by atoms with Gasteiger partial charge in [-0.2, -0.15) is 0 Å². The number of thiazole rings is 1. The van der Waals surface area contributed by atoms with Crippen LogP contribution in [0.15, 0.2) is 60.2 Å². The molecule has 0 aliphatic carbocycles. The Hall–Kier alpha value is -4.37. The van der Waals surface area contributed by atoms with Crippen molar-refractivity contribution in [2.75, 3.05) is 25.7 Å². The smallest absolute Gasteiger partial charge is 0.301 e. The van der Waals surface area contributed by atoms with Crippen LogP contribution in [0.4, 0.5) is 5.13 Å². The Morgan fingerprint density at radius 1 is 1.00 bits per heavy atom. The summed E-state index contributed by atoms with van der Waals surface area (Å²) in [5, 5.41) is 11.8. The predicted octanol–water partition coefficient (Wildman–Crippen LogP) is 5.96. The molecule has 1 fully saturated rings. The molecule has 0 spiro atoms. The minimum Gasteiger partial charge on any atom is -0.507 e. The molecule has 4 aromatic rings. The number of hydrogen-bond donors (Lipinski definition) is 1. The zero-order valence-electron chi connectivity index (χ0n) is 22.3. The molecule has 1 aliphatic rings. The summed E-state index contributed by atoms with van der Waals surface area (Å²) in [5.74, 6) is -0.344. The van der Waals surface area contributed by atoms with Crippen molar-refractivity contribution >= 4 is 44.1 Å². The molecule has 0 bridgehead atoms. The molecule has 1 unspecified atom stereocenters. The summed E-state index contributed by atoms with van der Waals surface area (Å²) in [4.78, 5) is 33.4. The second kappa shape index (κ2) is 10.4. The van der Waals surface area contributed by atoms with E-state index in [1.165, 1.54) is 30.5 Å². The van der Waals surface area contributed by atoms with Gasteiger partial charge in [-0.15, -0.1) is 0 Å². The maximum Gasteiger partial charge on any atom is 0.301 e. The van der Waals surface area contributed by atoms with Gasteiger partial charge in [0.1, 0.15) is 29.0 Å². The number of anilines is 1. The van der Waals surface area contributed by atoms with E-state index in [2.05, 4.69) is 0 Å². The molecule has 0 saturated carbocycles. The van der Waals surface area contributed by atoms with Gasteiger partial charge in [-0.1, -0.05) is 17.4 Å². The first-order valence-electron chi connectivity index (χ1n) is 12.4. The molecule has 8 nitrogen and oxygen atoms in total. The summed E-state index contributed by atoms with van der Waals surface area (Å²) in [7, 11) is 3.04. The Morgan fingerprint density at radius 3 is 2.38 bits per heavy atom. The molecule has 1 N–H and O–H groups in total. The molecular weight excluding hydrogens is 516 g/mol. The lowest BCUT2D eigenvalue weighted by atomic mass is 9.94. The molecule has 9 heteroatoms. The summed E-state index contributed by atoms with van der Waals surface area (Å²) < 4.78 is 17.5. The number of aryl methyl sites for hydroxylation is 2. The van der Waals surface area contributed by atoms with Gasteiger partial charge in [-0.05, 0) is 80.4 Å². The first-order valence-corrected chi connectivity index (χ1v) is 13.2. The van der Waals surface area contributed by atoms with E-state index in [9.17, 15) is 14.7 Å². The maximum absolute atomic E-state index is 13.7. The first-order chi connectivity index (χ1) is 18.8. The highest BCUT2D eigenvalue weighted by atomic mass is 32.1.